The van der Waals surface area contributed by atoms with Crippen molar-refractivity contribution in [2.75, 3.05) is 18.9 Å². The molecular formula is C11H20N4O3S. The number of nitrogens with zero attached hydrogens (tertiary/aromatic N) is 2. The van der Waals surface area contributed by atoms with E-state index in [4.69, 9.17) is 10.5 Å². The number of sulfonamides is 1. The predicted octanol–water partition coefficient (Wildman–Crippen LogP) is 0.333. The minimum atomic E-state index is -3.61. The van der Waals surface area contributed by atoms with E-state index < -0.39 is 10.0 Å². The van der Waals surface area contributed by atoms with Crippen molar-refractivity contribution in [3.63, 3.8) is 0 Å². The highest BCUT2D eigenvalue weighted by molar-refractivity contribution is 7.89. The Labute approximate surface area is 113 Å². The number of hydrogen-bond acceptors (Lipinski definition) is 5. The van der Waals surface area contributed by atoms with Crippen LogP contribution >= 0.6 is 0 Å². The lowest BCUT2D eigenvalue weighted by Crippen LogP contribution is -2.32. The van der Waals surface area contributed by atoms with Crippen molar-refractivity contribution in [3.8, 4) is 0 Å². The van der Waals surface area contributed by atoms with Crippen LogP contribution in [0, 0.1) is 0 Å². The summed E-state index contributed by atoms with van der Waals surface area (Å²) in [6.07, 6.45) is 3.95. The van der Waals surface area contributed by atoms with Gasteiger partial charge in [-0.3, -0.25) is 0 Å². The van der Waals surface area contributed by atoms with Gasteiger partial charge in [-0.1, -0.05) is 6.92 Å². The first kappa shape index (κ1) is 14.3. The second-order valence-electron chi connectivity index (χ2n) is 4.60. The number of anilines is 1. The van der Waals surface area contributed by atoms with Crippen LogP contribution in [-0.2, 0) is 21.3 Å². The topological polar surface area (TPSA) is 99.2 Å². The van der Waals surface area contributed by atoms with Crippen molar-refractivity contribution in [1.29, 1.82) is 0 Å². The Balaban J connectivity index is 2.06. The molecule has 2 heterocycles. The summed E-state index contributed by atoms with van der Waals surface area (Å²) in [5.41, 5.74) is 5.81. The summed E-state index contributed by atoms with van der Waals surface area (Å²) in [5.74, 6) is 0.182. The summed E-state index contributed by atoms with van der Waals surface area (Å²) in [4.78, 5) is 0.0407. The molecule has 19 heavy (non-hydrogen) atoms. The van der Waals surface area contributed by atoms with Gasteiger partial charge in [0.1, 0.15) is 10.7 Å². The molecule has 0 spiro atoms. The maximum Gasteiger partial charge on any atom is 0.245 e. The number of nitrogens with one attached hydrogen (secondary N) is 1. The minimum Gasteiger partial charge on any atom is -0.383 e. The molecule has 1 aromatic rings. The zero-order valence-corrected chi connectivity index (χ0v) is 11.8. The van der Waals surface area contributed by atoms with Crippen LogP contribution in [0.15, 0.2) is 11.1 Å². The van der Waals surface area contributed by atoms with Crippen LogP contribution in [0.2, 0.25) is 0 Å². The fourth-order valence-corrected chi connectivity index (χ4v) is 3.19. The summed E-state index contributed by atoms with van der Waals surface area (Å²) in [6.45, 7) is 3.56. The van der Waals surface area contributed by atoms with E-state index in [1.165, 1.54) is 10.9 Å². The average Bonchev–Trinajstić information content (AvgIpc) is 2.99. The first-order valence-electron chi connectivity index (χ1n) is 6.47. The van der Waals surface area contributed by atoms with Gasteiger partial charge in [-0.05, 0) is 19.3 Å². The summed E-state index contributed by atoms with van der Waals surface area (Å²) in [6, 6.07) is 0. The third kappa shape index (κ3) is 3.26. The molecule has 0 saturated carbocycles. The number of hydrogen-bond donors (Lipinski definition) is 2. The number of nitrogens with two attached hydrogens (primary N) is 1. The number of ether oxygens (including phenoxy) is 1. The van der Waals surface area contributed by atoms with Gasteiger partial charge in [-0.2, -0.15) is 5.10 Å². The number of rotatable bonds is 6. The van der Waals surface area contributed by atoms with Gasteiger partial charge in [0.15, 0.2) is 0 Å². The molecule has 1 aromatic heterocycles. The molecule has 0 radical (unpaired) electrons. The number of nitrogen functional groups attached to an aromatic ring is 1. The van der Waals surface area contributed by atoms with E-state index in [0.29, 0.717) is 13.2 Å². The predicted molar refractivity (Wildman–Crippen MR) is 71.1 cm³/mol. The quantitative estimate of drug-likeness (QED) is 0.786. The van der Waals surface area contributed by atoms with Gasteiger partial charge in [0.2, 0.25) is 10.0 Å². The summed E-state index contributed by atoms with van der Waals surface area (Å²) in [7, 11) is -3.61. The third-order valence-electron chi connectivity index (χ3n) is 3.09. The van der Waals surface area contributed by atoms with Gasteiger partial charge in [0.05, 0.1) is 12.3 Å². The van der Waals surface area contributed by atoms with E-state index >= 15 is 0 Å². The van der Waals surface area contributed by atoms with Crippen LogP contribution in [0.4, 0.5) is 5.82 Å². The average molecular weight is 288 g/mol. The van der Waals surface area contributed by atoms with Crippen molar-refractivity contribution in [2.24, 2.45) is 0 Å². The lowest BCUT2D eigenvalue weighted by Gasteiger charge is -2.11. The highest BCUT2D eigenvalue weighted by Gasteiger charge is 2.24. The van der Waals surface area contributed by atoms with Crippen LogP contribution < -0.4 is 10.5 Å². The van der Waals surface area contributed by atoms with Gasteiger partial charge in [-0.25, -0.2) is 17.8 Å². The van der Waals surface area contributed by atoms with E-state index in [0.717, 1.165) is 19.3 Å². The van der Waals surface area contributed by atoms with Crippen LogP contribution in [0.25, 0.3) is 0 Å². The van der Waals surface area contributed by atoms with E-state index in [-0.39, 0.29) is 23.4 Å². The Hall–Kier alpha value is -1.12. The van der Waals surface area contributed by atoms with Gasteiger partial charge in [0.25, 0.3) is 0 Å². The zero-order valence-electron chi connectivity index (χ0n) is 11.0. The Morgan fingerprint density at radius 1 is 1.63 bits per heavy atom. The molecule has 1 aliphatic rings. The molecule has 0 aliphatic carbocycles. The van der Waals surface area contributed by atoms with Crippen molar-refractivity contribution >= 4 is 15.8 Å². The standard InChI is InChI=1S/C11H20N4O3S/c1-2-5-15-11(12)10(8-13-15)19(16,17)14-7-9-4-3-6-18-9/h8-9,14H,2-7,12H2,1H3. The smallest absolute Gasteiger partial charge is 0.245 e. The number of aromatic nitrogens is 2. The van der Waals surface area contributed by atoms with E-state index in [9.17, 15) is 8.42 Å². The van der Waals surface area contributed by atoms with Crippen molar-refractivity contribution < 1.29 is 13.2 Å². The second-order valence-corrected chi connectivity index (χ2v) is 6.34. The monoisotopic (exact) mass is 288 g/mol. The van der Waals surface area contributed by atoms with E-state index in [1.807, 2.05) is 6.92 Å². The highest BCUT2D eigenvalue weighted by atomic mass is 32.2. The lowest BCUT2D eigenvalue weighted by molar-refractivity contribution is 0.114. The maximum atomic E-state index is 12.1. The first-order chi connectivity index (χ1) is 9.04. The molecule has 108 valence electrons. The van der Waals surface area contributed by atoms with E-state index in [2.05, 4.69) is 9.82 Å². The molecule has 1 atom stereocenters. The maximum absolute atomic E-state index is 12.1. The van der Waals surface area contributed by atoms with Gasteiger partial charge >= 0.3 is 0 Å². The largest absolute Gasteiger partial charge is 0.383 e. The molecule has 0 aromatic carbocycles. The Bertz CT molecular complexity index is 520. The van der Waals surface area contributed by atoms with Crippen LogP contribution in [0.1, 0.15) is 26.2 Å². The summed E-state index contributed by atoms with van der Waals surface area (Å²) >= 11 is 0. The molecule has 1 fully saturated rings. The normalized spacial score (nSPS) is 19.9. The highest BCUT2D eigenvalue weighted by Crippen LogP contribution is 2.18. The minimum absolute atomic E-state index is 0.0401. The summed E-state index contributed by atoms with van der Waals surface area (Å²) in [5, 5.41) is 3.99. The third-order valence-corrected chi connectivity index (χ3v) is 4.54. The lowest BCUT2D eigenvalue weighted by atomic mass is 10.2. The van der Waals surface area contributed by atoms with Crippen LogP contribution in [0.5, 0.6) is 0 Å². The molecule has 1 saturated heterocycles. The summed E-state index contributed by atoms with van der Waals surface area (Å²) < 4.78 is 33.7. The van der Waals surface area contributed by atoms with Crippen LogP contribution in [0.3, 0.4) is 0 Å². The zero-order chi connectivity index (χ0) is 13.9. The van der Waals surface area contributed by atoms with Gasteiger partial charge in [0, 0.05) is 19.7 Å². The van der Waals surface area contributed by atoms with Crippen molar-refractivity contribution in [2.45, 2.75) is 43.7 Å². The SMILES string of the molecule is CCCn1ncc(S(=O)(=O)NCC2CCCO2)c1N. The first-order valence-corrected chi connectivity index (χ1v) is 7.95. The molecule has 1 unspecified atom stereocenters. The fraction of sp³-hybridized carbons (Fsp3) is 0.727. The van der Waals surface area contributed by atoms with Crippen LogP contribution in [-0.4, -0.2) is 37.5 Å². The molecule has 0 amide bonds. The van der Waals surface area contributed by atoms with E-state index in [1.54, 1.807) is 0 Å². The fourth-order valence-electron chi connectivity index (χ4n) is 2.06. The molecule has 2 rings (SSSR count). The molecule has 7 nitrogen and oxygen atoms in total. The molecule has 1 aliphatic heterocycles. The van der Waals surface area contributed by atoms with Gasteiger partial charge in [-0.15, -0.1) is 0 Å². The Kier molecular flexibility index (Phi) is 4.43. The Morgan fingerprint density at radius 3 is 3.05 bits per heavy atom. The molecular weight excluding hydrogens is 268 g/mol. The molecule has 8 heteroatoms. The number of aryl methyl sites for hydroxylation is 1. The molecule has 3 N–H and O–H groups in total. The second kappa shape index (κ2) is 5.89. The molecule has 0 bridgehead atoms. The Morgan fingerprint density at radius 2 is 2.42 bits per heavy atom. The van der Waals surface area contributed by atoms with Crippen molar-refractivity contribution in [1.82, 2.24) is 14.5 Å². The van der Waals surface area contributed by atoms with Crippen molar-refractivity contribution in [3.05, 3.63) is 6.20 Å². The van der Waals surface area contributed by atoms with Gasteiger partial charge < -0.3 is 10.5 Å².